The van der Waals surface area contributed by atoms with Crippen molar-refractivity contribution in [1.29, 1.82) is 0 Å². The van der Waals surface area contributed by atoms with Crippen LogP contribution in [0.3, 0.4) is 0 Å². The van der Waals surface area contributed by atoms with Crippen molar-refractivity contribution in [2.45, 2.75) is 50.9 Å². The van der Waals surface area contributed by atoms with E-state index in [4.69, 9.17) is 4.42 Å². The van der Waals surface area contributed by atoms with Gasteiger partial charge < -0.3 is 9.73 Å². The van der Waals surface area contributed by atoms with Crippen molar-refractivity contribution >= 4 is 17.7 Å². The molecule has 158 valence electrons. The molecular weight excluding hydrogens is 396 g/mol. The predicted octanol–water partition coefficient (Wildman–Crippen LogP) is 4.62. The minimum atomic E-state index is 0.0553. The SMILES string of the molecule is CC1CCCC(NC(=O)CSc2nnc(-c3ccccc3)n2Cc2ccco2)C1C. The van der Waals surface area contributed by atoms with Gasteiger partial charge in [-0.2, -0.15) is 0 Å². The molecule has 0 bridgehead atoms. The highest BCUT2D eigenvalue weighted by Crippen LogP contribution is 2.30. The number of hydrogen-bond donors (Lipinski definition) is 1. The molecule has 1 fully saturated rings. The van der Waals surface area contributed by atoms with E-state index in [0.717, 1.165) is 23.6 Å². The van der Waals surface area contributed by atoms with Gasteiger partial charge in [-0.15, -0.1) is 10.2 Å². The third kappa shape index (κ3) is 4.78. The van der Waals surface area contributed by atoms with E-state index in [9.17, 15) is 4.79 Å². The van der Waals surface area contributed by atoms with E-state index in [1.165, 1.54) is 24.6 Å². The Morgan fingerprint density at radius 3 is 2.77 bits per heavy atom. The lowest BCUT2D eigenvalue weighted by Crippen LogP contribution is -2.44. The fourth-order valence-corrected chi connectivity index (χ4v) is 4.81. The zero-order valence-electron chi connectivity index (χ0n) is 17.5. The number of carbonyl (C=O) groups is 1. The molecule has 0 aliphatic heterocycles. The number of hydrogen-bond acceptors (Lipinski definition) is 5. The van der Waals surface area contributed by atoms with Crippen LogP contribution in [0.15, 0.2) is 58.3 Å². The van der Waals surface area contributed by atoms with Gasteiger partial charge in [0.15, 0.2) is 11.0 Å². The second-order valence-electron chi connectivity index (χ2n) is 8.07. The number of carbonyl (C=O) groups excluding carboxylic acids is 1. The minimum Gasteiger partial charge on any atom is -0.467 e. The molecule has 2 aromatic heterocycles. The van der Waals surface area contributed by atoms with Crippen LogP contribution in [-0.4, -0.2) is 32.5 Å². The standard InChI is InChI=1S/C23H28N4O2S/c1-16-8-6-12-20(17(16)2)24-21(28)15-30-23-26-25-22(18-9-4-3-5-10-18)27(23)14-19-11-7-13-29-19/h3-5,7,9-11,13,16-17,20H,6,8,12,14-15H2,1-2H3,(H,24,28). The number of thioether (sulfide) groups is 1. The van der Waals surface area contributed by atoms with Crippen molar-refractivity contribution in [1.82, 2.24) is 20.1 Å². The molecule has 1 aliphatic rings. The first-order chi connectivity index (χ1) is 14.6. The predicted molar refractivity (Wildman–Crippen MR) is 118 cm³/mol. The van der Waals surface area contributed by atoms with Gasteiger partial charge >= 0.3 is 0 Å². The van der Waals surface area contributed by atoms with Crippen LogP contribution < -0.4 is 5.32 Å². The van der Waals surface area contributed by atoms with Gasteiger partial charge in [0.25, 0.3) is 0 Å². The van der Waals surface area contributed by atoms with E-state index in [0.29, 0.717) is 29.3 Å². The molecule has 3 atom stereocenters. The molecule has 30 heavy (non-hydrogen) atoms. The van der Waals surface area contributed by atoms with Gasteiger partial charge in [0, 0.05) is 11.6 Å². The number of nitrogens with zero attached hydrogens (tertiary/aromatic N) is 3. The zero-order chi connectivity index (χ0) is 20.9. The summed E-state index contributed by atoms with van der Waals surface area (Å²) in [7, 11) is 0. The van der Waals surface area contributed by atoms with E-state index in [1.54, 1.807) is 6.26 Å². The first-order valence-corrected chi connectivity index (χ1v) is 11.5. The van der Waals surface area contributed by atoms with Gasteiger partial charge in [-0.1, -0.05) is 68.8 Å². The lowest BCUT2D eigenvalue weighted by molar-refractivity contribution is -0.120. The molecule has 0 saturated heterocycles. The number of benzene rings is 1. The molecule has 4 rings (SSSR count). The Hall–Kier alpha value is -2.54. The molecular formula is C23H28N4O2S. The number of furan rings is 1. The van der Waals surface area contributed by atoms with Crippen LogP contribution in [0.2, 0.25) is 0 Å². The summed E-state index contributed by atoms with van der Waals surface area (Å²) in [6.45, 7) is 5.04. The van der Waals surface area contributed by atoms with Gasteiger partial charge in [0.05, 0.1) is 18.6 Å². The van der Waals surface area contributed by atoms with Crippen LogP contribution >= 0.6 is 11.8 Å². The van der Waals surface area contributed by atoms with Crippen LogP contribution in [0.4, 0.5) is 0 Å². The van der Waals surface area contributed by atoms with Gasteiger partial charge in [-0.3, -0.25) is 9.36 Å². The Labute approximate surface area is 181 Å². The number of nitrogens with one attached hydrogen (secondary N) is 1. The van der Waals surface area contributed by atoms with Crippen LogP contribution in [0, 0.1) is 11.8 Å². The third-order valence-corrected chi connectivity index (χ3v) is 7.00. The van der Waals surface area contributed by atoms with Crippen molar-refractivity contribution in [3.63, 3.8) is 0 Å². The van der Waals surface area contributed by atoms with Gasteiger partial charge in [-0.05, 0) is 30.4 Å². The van der Waals surface area contributed by atoms with E-state index >= 15 is 0 Å². The Kier molecular flexibility index (Phi) is 6.57. The molecule has 2 heterocycles. The highest BCUT2D eigenvalue weighted by molar-refractivity contribution is 7.99. The fraction of sp³-hybridized carbons (Fsp3) is 0.435. The van der Waals surface area contributed by atoms with Crippen LogP contribution in [0.25, 0.3) is 11.4 Å². The number of rotatable bonds is 7. The van der Waals surface area contributed by atoms with Crippen molar-refractivity contribution in [3.05, 3.63) is 54.5 Å². The second kappa shape index (κ2) is 9.51. The molecule has 1 aromatic carbocycles. The van der Waals surface area contributed by atoms with Gasteiger partial charge in [-0.25, -0.2) is 0 Å². The molecule has 1 N–H and O–H groups in total. The first kappa shape index (κ1) is 20.7. The van der Waals surface area contributed by atoms with E-state index < -0.39 is 0 Å². The topological polar surface area (TPSA) is 73.0 Å². The minimum absolute atomic E-state index is 0.0553. The summed E-state index contributed by atoms with van der Waals surface area (Å²) >= 11 is 1.42. The Bertz CT molecular complexity index is 955. The van der Waals surface area contributed by atoms with Gasteiger partial charge in [0.2, 0.25) is 5.91 Å². The highest BCUT2D eigenvalue weighted by Gasteiger charge is 2.28. The summed E-state index contributed by atoms with van der Waals surface area (Å²) in [5.41, 5.74) is 0.984. The summed E-state index contributed by atoms with van der Waals surface area (Å²) in [5, 5.41) is 12.7. The molecule has 3 unspecified atom stereocenters. The lowest BCUT2D eigenvalue weighted by Gasteiger charge is -2.34. The van der Waals surface area contributed by atoms with E-state index in [-0.39, 0.29) is 11.9 Å². The monoisotopic (exact) mass is 424 g/mol. The number of aromatic nitrogens is 3. The highest BCUT2D eigenvalue weighted by atomic mass is 32.2. The van der Waals surface area contributed by atoms with Crippen LogP contribution in [0.1, 0.15) is 38.9 Å². The van der Waals surface area contributed by atoms with Crippen molar-refractivity contribution < 1.29 is 9.21 Å². The molecule has 6 nitrogen and oxygen atoms in total. The van der Waals surface area contributed by atoms with E-state index in [1.807, 2.05) is 47.0 Å². The van der Waals surface area contributed by atoms with E-state index in [2.05, 4.69) is 29.4 Å². The summed E-state index contributed by atoms with van der Waals surface area (Å²) in [6, 6.07) is 14.0. The summed E-state index contributed by atoms with van der Waals surface area (Å²) in [5.74, 6) is 3.14. The molecule has 7 heteroatoms. The number of amides is 1. The van der Waals surface area contributed by atoms with Crippen LogP contribution in [0.5, 0.6) is 0 Å². The average Bonchev–Trinajstić information content (AvgIpc) is 3.41. The third-order valence-electron chi connectivity index (χ3n) is 6.03. The molecule has 0 spiro atoms. The van der Waals surface area contributed by atoms with Crippen molar-refractivity contribution in [2.24, 2.45) is 11.8 Å². The Balaban J connectivity index is 1.47. The molecule has 1 aliphatic carbocycles. The molecule has 0 radical (unpaired) electrons. The molecule has 3 aromatic rings. The summed E-state index contributed by atoms with van der Waals surface area (Å²) < 4.78 is 7.55. The smallest absolute Gasteiger partial charge is 0.230 e. The quantitative estimate of drug-likeness (QED) is 0.560. The average molecular weight is 425 g/mol. The largest absolute Gasteiger partial charge is 0.467 e. The first-order valence-electron chi connectivity index (χ1n) is 10.5. The second-order valence-corrected chi connectivity index (χ2v) is 9.01. The maximum absolute atomic E-state index is 12.6. The normalized spacial score (nSPS) is 21.5. The van der Waals surface area contributed by atoms with Gasteiger partial charge in [0.1, 0.15) is 5.76 Å². The Morgan fingerprint density at radius 2 is 2.00 bits per heavy atom. The summed E-state index contributed by atoms with van der Waals surface area (Å²) in [4.78, 5) is 12.6. The molecule has 1 amide bonds. The van der Waals surface area contributed by atoms with Crippen LogP contribution in [-0.2, 0) is 11.3 Å². The lowest BCUT2D eigenvalue weighted by atomic mass is 9.78. The van der Waals surface area contributed by atoms with Crippen molar-refractivity contribution in [2.75, 3.05) is 5.75 Å². The Morgan fingerprint density at radius 1 is 1.17 bits per heavy atom. The zero-order valence-corrected chi connectivity index (χ0v) is 18.3. The van der Waals surface area contributed by atoms with Crippen molar-refractivity contribution in [3.8, 4) is 11.4 Å². The summed E-state index contributed by atoms with van der Waals surface area (Å²) in [6.07, 6.45) is 5.16. The molecule has 1 saturated carbocycles. The fourth-order valence-electron chi connectivity index (χ4n) is 4.06. The maximum atomic E-state index is 12.6. The maximum Gasteiger partial charge on any atom is 0.230 e.